The van der Waals surface area contributed by atoms with Crippen molar-refractivity contribution in [2.24, 2.45) is 0 Å². The summed E-state index contributed by atoms with van der Waals surface area (Å²) >= 11 is 0. The minimum absolute atomic E-state index is 0.198. The van der Waals surface area contributed by atoms with Gasteiger partial charge in [-0.25, -0.2) is 4.79 Å². The maximum atomic E-state index is 10.6. The second kappa shape index (κ2) is 5.94. The molecule has 11 heavy (non-hydrogen) atoms. The van der Waals surface area contributed by atoms with Crippen molar-refractivity contribution in [2.45, 2.75) is 6.10 Å². The lowest BCUT2D eigenvalue weighted by molar-refractivity contribution is 0.00872. The molecule has 2 N–H and O–H groups in total. The lowest BCUT2D eigenvalue weighted by Gasteiger charge is -2.13. The van der Waals surface area contributed by atoms with E-state index in [4.69, 9.17) is 5.11 Å². The number of aliphatic hydroxyl groups is 1. The minimum atomic E-state index is -0.583. The van der Waals surface area contributed by atoms with Crippen LogP contribution in [0.5, 0.6) is 0 Å². The molecular weight excluding hydrogens is 150 g/mol. The maximum absolute atomic E-state index is 10.6. The summed E-state index contributed by atoms with van der Waals surface area (Å²) in [5.74, 6) is 0. The molecule has 1 atom stereocenters. The molecule has 0 aliphatic rings. The number of carbonyl (C=O) groups excluding carboxylic acids is 1. The highest BCUT2D eigenvalue weighted by Gasteiger charge is 2.10. The van der Waals surface area contributed by atoms with E-state index in [9.17, 15) is 4.79 Å². The molecule has 0 aliphatic heterocycles. The van der Waals surface area contributed by atoms with Crippen molar-refractivity contribution in [1.29, 1.82) is 0 Å². The molecule has 0 saturated heterocycles. The van der Waals surface area contributed by atoms with Gasteiger partial charge in [-0.3, -0.25) is 0 Å². The molecule has 0 rings (SSSR count). The van der Waals surface area contributed by atoms with E-state index in [1.165, 1.54) is 14.2 Å². The molecule has 0 bridgehead atoms. The van der Waals surface area contributed by atoms with Crippen molar-refractivity contribution >= 4 is 6.09 Å². The zero-order valence-corrected chi connectivity index (χ0v) is 6.66. The van der Waals surface area contributed by atoms with Gasteiger partial charge in [-0.15, -0.1) is 0 Å². The van der Waals surface area contributed by atoms with Crippen LogP contribution in [0.4, 0.5) is 4.79 Å². The van der Waals surface area contributed by atoms with E-state index in [2.05, 4.69) is 14.8 Å². The highest BCUT2D eigenvalue weighted by Crippen LogP contribution is 1.91. The van der Waals surface area contributed by atoms with E-state index in [0.717, 1.165) is 0 Å². The van der Waals surface area contributed by atoms with Crippen molar-refractivity contribution in [3.8, 4) is 0 Å². The average Bonchev–Trinajstić information content (AvgIpc) is 2.03. The summed E-state index contributed by atoms with van der Waals surface area (Å²) in [5.41, 5.74) is 0. The molecule has 0 fully saturated rings. The second-order valence-electron chi connectivity index (χ2n) is 1.92. The average molecular weight is 163 g/mol. The summed E-state index contributed by atoms with van der Waals surface area (Å²) in [7, 11) is 2.92. The lowest BCUT2D eigenvalue weighted by atomic mass is 10.4. The first-order valence-corrected chi connectivity index (χ1v) is 3.22. The van der Waals surface area contributed by atoms with Crippen LogP contribution >= 0.6 is 0 Å². The monoisotopic (exact) mass is 163 g/mol. The summed E-state index contributed by atoms with van der Waals surface area (Å²) in [6.07, 6.45) is -1.15. The van der Waals surface area contributed by atoms with E-state index >= 15 is 0 Å². The zero-order chi connectivity index (χ0) is 8.69. The van der Waals surface area contributed by atoms with Crippen molar-refractivity contribution in [3.05, 3.63) is 0 Å². The normalized spacial score (nSPS) is 12.3. The van der Waals surface area contributed by atoms with Gasteiger partial charge in [0, 0.05) is 14.2 Å². The lowest BCUT2D eigenvalue weighted by Crippen LogP contribution is -2.31. The molecular formula is C6H13NO4. The standard InChI is InChI=1S/C6H13NO4/c1-7-6(9)11-5(3-8)4-10-2/h5,8H,3-4H2,1-2H3,(H,7,9). The number of alkyl carbamates (subject to hydrolysis) is 1. The van der Waals surface area contributed by atoms with Crippen LogP contribution in [0, 0.1) is 0 Å². The number of amides is 1. The Morgan fingerprint density at radius 2 is 2.36 bits per heavy atom. The molecule has 1 unspecified atom stereocenters. The van der Waals surface area contributed by atoms with Gasteiger partial charge < -0.3 is 19.9 Å². The number of carbonyl (C=O) groups is 1. The fourth-order valence-electron chi connectivity index (χ4n) is 0.520. The molecule has 0 saturated carbocycles. The Balaban J connectivity index is 3.58. The second-order valence-corrected chi connectivity index (χ2v) is 1.92. The molecule has 0 heterocycles. The van der Waals surface area contributed by atoms with Crippen LogP contribution in [-0.2, 0) is 9.47 Å². The minimum Gasteiger partial charge on any atom is -0.441 e. The van der Waals surface area contributed by atoms with E-state index < -0.39 is 12.2 Å². The van der Waals surface area contributed by atoms with Crippen molar-refractivity contribution in [2.75, 3.05) is 27.4 Å². The van der Waals surface area contributed by atoms with Crippen molar-refractivity contribution in [1.82, 2.24) is 5.32 Å². The Morgan fingerprint density at radius 1 is 1.73 bits per heavy atom. The fraction of sp³-hybridized carbons (Fsp3) is 0.833. The third-order valence-electron chi connectivity index (χ3n) is 1.03. The van der Waals surface area contributed by atoms with Gasteiger partial charge in [-0.05, 0) is 0 Å². The smallest absolute Gasteiger partial charge is 0.407 e. The van der Waals surface area contributed by atoms with Gasteiger partial charge >= 0.3 is 6.09 Å². The first-order chi connectivity index (χ1) is 5.24. The Kier molecular flexibility index (Phi) is 5.50. The molecule has 5 heteroatoms. The Morgan fingerprint density at radius 3 is 2.73 bits per heavy atom. The first-order valence-electron chi connectivity index (χ1n) is 3.22. The third-order valence-corrected chi connectivity index (χ3v) is 1.03. The molecule has 0 aliphatic carbocycles. The van der Waals surface area contributed by atoms with Crippen LogP contribution in [0.3, 0.4) is 0 Å². The van der Waals surface area contributed by atoms with Gasteiger partial charge in [0.2, 0.25) is 0 Å². The van der Waals surface area contributed by atoms with Crippen LogP contribution in [0.1, 0.15) is 0 Å². The summed E-state index contributed by atoms with van der Waals surface area (Å²) in [6.45, 7) is -0.0365. The van der Waals surface area contributed by atoms with E-state index in [0.29, 0.717) is 0 Å². The SMILES string of the molecule is CNC(=O)OC(CO)COC. The summed E-state index contributed by atoms with van der Waals surface area (Å²) in [4.78, 5) is 10.6. The van der Waals surface area contributed by atoms with Gasteiger partial charge in [-0.1, -0.05) is 0 Å². The highest BCUT2D eigenvalue weighted by atomic mass is 16.6. The quantitative estimate of drug-likeness (QED) is 0.578. The number of hydrogen-bond donors (Lipinski definition) is 2. The van der Waals surface area contributed by atoms with E-state index in [1.54, 1.807) is 0 Å². The summed E-state index contributed by atoms with van der Waals surface area (Å²) in [6, 6.07) is 0. The molecule has 0 aromatic rings. The van der Waals surface area contributed by atoms with Crippen LogP contribution < -0.4 is 5.32 Å². The molecule has 0 radical (unpaired) electrons. The maximum Gasteiger partial charge on any atom is 0.407 e. The molecule has 0 spiro atoms. The Hall–Kier alpha value is -0.810. The highest BCUT2D eigenvalue weighted by molar-refractivity contribution is 5.66. The van der Waals surface area contributed by atoms with Crippen LogP contribution in [0.15, 0.2) is 0 Å². The number of hydrogen-bond acceptors (Lipinski definition) is 4. The van der Waals surface area contributed by atoms with Gasteiger partial charge in [-0.2, -0.15) is 0 Å². The predicted molar refractivity (Wildman–Crippen MR) is 38.3 cm³/mol. The number of methoxy groups -OCH3 is 1. The molecule has 0 aromatic carbocycles. The van der Waals surface area contributed by atoms with Gasteiger partial charge in [0.15, 0.2) is 0 Å². The van der Waals surface area contributed by atoms with Crippen LogP contribution in [0.2, 0.25) is 0 Å². The van der Waals surface area contributed by atoms with Crippen LogP contribution in [0.25, 0.3) is 0 Å². The zero-order valence-electron chi connectivity index (χ0n) is 6.66. The van der Waals surface area contributed by atoms with Gasteiger partial charge in [0.05, 0.1) is 13.2 Å². The van der Waals surface area contributed by atoms with Crippen LogP contribution in [-0.4, -0.2) is 44.7 Å². The van der Waals surface area contributed by atoms with Gasteiger partial charge in [0.1, 0.15) is 6.10 Å². The summed E-state index contributed by atoms with van der Waals surface area (Å²) in [5, 5.41) is 10.9. The number of rotatable bonds is 4. The topological polar surface area (TPSA) is 67.8 Å². The van der Waals surface area contributed by atoms with Crippen molar-refractivity contribution < 1.29 is 19.4 Å². The third kappa shape index (κ3) is 4.58. The summed E-state index contributed by atoms with van der Waals surface area (Å²) < 4.78 is 9.34. The van der Waals surface area contributed by atoms with Gasteiger partial charge in [0.25, 0.3) is 0 Å². The fourth-order valence-corrected chi connectivity index (χ4v) is 0.520. The molecule has 5 nitrogen and oxygen atoms in total. The largest absolute Gasteiger partial charge is 0.441 e. The number of ether oxygens (including phenoxy) is 2. The molecule has 1 amide bonds. The Labute approximate surface area is 65.3 Å². The van der Waals surface area contributed by atoms with Crippen molar-refractivity contribution in [3.63, 3.8) is 0 Å². The number of nitrogens with one attached hydrogen (secondary N) is 1. The molecule has 0 aromatic heterocycles. The predicted octanol–water partition coefficient (Wildman–Crippen LogP) is -0.650. The van der Waals surface area contributed by atoms with E-state index in [1.807, 2.05) is 0 Å². The Bertz CT molecular complexity index is 117. The first kappa shape index (κ1) is 10.2. The van der Waals surface area contributed by atoms with E-state index in [-0.39, 0.29) is 13.2 Å². The molecule has 66 valence electrons. The number of aliphatic hydroxyl groups excluding tert-OH is 1.